The van der Waals surface area contributed by atoms with Crippen LogP contribution >= 0.6 is 0 Å². The Hall–Kier alpha value is -2.75. The molecule has 0 saturated carbocycles. The first kappa shape index (κ1) is 16.1. The van der Waals surface area contributed by atoms with Crippen molar-refractivity contribution in [3.8, 4) is 17.0 Å². The van der Waals surface area contributed by atoms with E-state index in [1.54, 1.807) is 0 Å². The van der Waals surface area contributed by atoms with Crippen molar-refractivity contribution >= 4 is 16.9 Å². The van der Waals surface area contributed by atoms with Crippen molar-refractivity contribution < 1.29 is 14.6 Å². The number of aryl methyl sites for hydroxylation is 2. The van der Waals surface area contributed by atoms with E-state index in [0.717, 1.165) is 44.6 Å². The van der Waals surface area contributed by atoms with Crippen molar-refractivity contribution in [3.63, 3.8) is 0 Å². The number of aliphatic carboxylic acids is 1. The predicted octanol–water partition coefficient (Wildman–Crippen LogP) is 4.48. The zero-order chi connectivity index (χ0) is 17.3. The third kappa shape index (κ3) is 2.87. The van der Waals surface area contributed by atoms with E-state index in [1.165, 1.54) is 0 Å². The first-order valence-electron chi connectivity index (χ1n) is 8.07. The van der Waals surface area contributed by atoms with Gasteiger partial charge in [-0.3, -0.25) is 4.79 Å². The van der Waals surface area contributed by atoms with Crippen LogP contribution in [0.3, 0.4) is 0 Å². The number of hydrogen-bond donors (Lipinski definition) is 2. The number of aromatic amines is 1. The monoisotopic (exact) mass is 323 g/mol. The molecule has 2 N–H and O–H groups in total. The number of aromatic nitrogens is 1. The van der Waals surface area contributed by atoms with Gasteiger partial charge in [-0.25, -0.2) is 0 Å². The molecule has 0 aliphatic rings. The first-order chi connectivity index (χ1) is 11.5. The molecule has 2 aromatic carbocycles. The van der Waals surface area contributed by atoms with Gasteiger partial charge in [0.25, 0.3) is 0 Å². The highest BCUT2D eigenvalue weighted by Gasteiger charge is 2.19. The average Bonchev–Trinajstić information content (AvgIpc) is 2.86. The topological polar surface area (TPSA) is 62.3 Å². The maximum Gasteiger partial charge on any atom is 0.307 e. The Bertz CT molecular complexity index is 909. The fourth-order valence-corrected chi connectivity index (χ4v) is 3.23. The Balaban J connectivity index is 2.31. The average molecular weight is 323 g/mol. The molecule has 4 heteroatoms. The summed E-state index contributed by atoms with van der Waals surface area (Å²) >= 11 is 0. The number of nitrogens with one attached hydrogen (secondary N) is 1. The first-order valence-corrected chi connectivity index (χ1v) is 8.07. The Labute approximate surface area is 141 Å². The van der Waals surface area contributed by atoms with E-state index in [1.807, 2.05) is 51.1 Å². The van der Waals surface area contributed by atoms with Gasteiger partial charge in [0.05, 0.1) is 18.7 Å². The molecule has 3 aromatic rings. The van der Waals surface area contributed by atoms with Gasteiger partial charge in [0, 0.05) is 16.5 Å². The fourth-order valence-electron chi connectivity index (χ4n) is 3.23. The molecule has 0 fully saturated rings. The van der Waals surface area contributed by atoms with Crippen LogP contribution in [0.15, 0.2) is 36.4 Å². The van der Waals surface area contributed by atoms with Crippen LogP contribution in [0.2, 0.25) is 0 Å². The molecule has 24 heavy (non-hydrogen) atoms. The summed E-state index contributed by atoms with van der Waals surface area (Å²) in [5, 5.41) is 10.4. The van der Waals surface area contributed by atoms with Crippen LogP contribution in [0.1, 0.15) is 23.6 Å². The number of benzene rings is 2. The molecule has 0 saturated heterocycles. The number of rotatable bonds is 5. The lowest BCUT2D eigenvalue weighted by Crippen LogP contribution is -2.02. The number of fused-ring (bicyclic) bond motifs is 1. The van der Waals surface area contributed by atoms with Crippen LogP contribution in [0.25, 0.3) is 22.2 Å². The molecule has 3 rings (SSSR count). The summed E-state index contributed by atoms with van der Waals surface area (Å²) < 4.78 is 5.73. The van der Waals surface area contributed by atoms with E-state index in [2.05, 4.69) is 11.1 Å². The molecule has 0 amide bonds. The molecule has 0 radical (unpaired) electrons. The Morgan fingerprint density at radius 2 is 1.96 bits per heavy atom. The molecule has 1 heterocycles. The van der Waals surface area contributed by atoms with Crippen molar-refractivity contribution in [2.75, 3.05) is 6.61 Å². The van der Waals surface area contributed by atoms with Gasteiger partial charge in [-0.05, 0) is 50.1 Å². The fraction of sp³-hybridized carbons (Fsp3) is 0.250. The van der Waals surface area contributed by atoms with Crippen molar-refractivity contribution in [2.24, 2.45) is 0 Å². The minimum Gasteiger partial charge on any atom is -0.493 e. The van der Waals surface area contributed by atoms with Crippen LogP contribution in [0.4, 0.5) is 0 Å². The summed E-state index contributed by atoms with van der Waals surface area (Å²) in [5.41, 5.74) is 5.73. The zero-order valence-electron chi connectivity index (χ0n) is 14.1. The second-order valence-electron chi connectivity index (χ2n) is 5.98. The molecule has 0 aliphatic heterocycles. The van der Waals surface area contributed by atoms with Crippen molar-refractivity contribution in [2.45, 2.75) is 27.2 Å². The molecular formula is C20H21NO3. The lowest BCUT2D eigenvalue weighted by Gasteiger charge is -2.10. The van der Waals surface area contributed by atoms with Crippen LogP contribution in [0.5, 0.6) is 5.75 Å². The number of H-pyrrole nitrogens is 1. The maximum absolute atomic E-state index is 11.4. The number of hydrogen-bond acceptors (Lipinski definition) is 2. The molecule has 124 valence electrons. The minimum atomic E-state index is -0.842. The second kappa shape index (κ2) is 6.40. The molecule has 0 spiro atoms. The molecule has 4 nitrogen and oxygen atoms in total. The van der Waals surface area contributed by atoms with Crippen molar-refractivity contribution in [3.05, 3.63) is 53.1 Å². The van der Waals surface area contributed by atoms with Crippen LogP contribution in [0, 0.1) is 13.8 Å². The Kier molecular flexibility index (Phi) is 4.30. The number of para-hydroxylation sites is 1. The molecule has 0 bridgehead atoms. The zero-order valence-corrected chi connectivity index (χ0v) is 14.1. The Morgan fingerprint density at radius 1 is 1.21 bits per heavy atom. The number of ether oxygens (including phenoxy) is 1. The summed E-state index contributed by atoms with van der Waals surface area (Å²) in [6.07, 6.45) is -0.0291. The highest BCUT2D eigenvalue weighted by atomic mass is 16.5. The minimum absolute atomic E-state index is 0.0291. The van der Waals surface area contributed by atoms with Gasteiger partial charge in [-0.15, -0.1) is 0 Å². The van der Waals surface area contributed by atoms with Gasteiger partial charge >= 0.3 is 5.97 Å². The van der Waals surface area contributed by atoms with Gasteiger partial charge in [0.1, 0.15) is 5.75 Å². The molecule has 0 atom stereocenters. The molecule has 0 unspecified atom stereocenters. The van der Waals surface area contributed by atoms with E-state index in [4.69, 9.17) is 4.74 Å². The SMILES string of the molecule is CCOc1ccccc1-c1[nH]c2c(C)cc(C)cc2c1CC(=O)O. The summed E-state index contributed by atoms with van der Waals surface area (Å²) in [7, 11) is 0. The standard InChI is InChI=1S/C20H21NO3/c1-4-24-17-8-6-5-7-14(17)20-16(11-18(22)23)15-10-12(2)9-13(3)19(15)21-20/h5-10,21H,4,11H2,1-3H3,(H,22,23). The van der Waals surface area contributed by atoms with Crippen molar-refractivity contribution in [1.29, 1.82) is 0 Å². The van der Waals surface area contributed by atoms with Gasteiger partial charge in [0.15, 0.2) is 0 Å². The largest absolute Gasteiger partial charge is 0.493 e. The highest BCUT2D eigenvalue weighted by molar-refractivity contribution is 5.96. The number of carboxylic acids is 1. The molecule has 1 aromatic heterocycles. The van der Waals surface area contributed by atoms with Crippen LogP contribution in [-0.2, 0) is 11.2 Å². The molecular weight excluding hydrogens is 302 g/mol. The lowest BCUT2D eigenvalue weighted by atomic mass is 10.00. The smallest absolute Gasteiger partial charge is 0.307 e. The lowest BCUT2D eigenvalue weighted by molar-refractivity contribution is -0.136. The second-order valence-corrected chi connectivity index (χ2v) is 5.98. The highest BCUT2D eigenvalue weighted by Crippen LogP contribution is 2.37. The van der Waals surface area contributed by atoms with Gasteiger partial charge in [-0.2, -0.15) is 0 Å². The van der Waals surface area contributed by atoms with Gasteiger partial charge < -0.3 is 14.8 Å². The van der Waals surface area contributed by atoms with E-state index in [-0.39, 0.29) is 6.42 Å². The summed E-state index contributed by atoms with van der Waals surface area (Å²) in [6.45, 7) is 6.56. The van der Waals surface area contributed by atoms with Gasteiger partial charge in [-0.1, -0.05) is 23.8 Å². The van der Waals surface area contributed by atoms with E-state index < -0.39 is 5.97 Å². The van der Waals surface area contributed by atoms with Gasteiger partial charge in [0.2, 0.25) is 0 Å². The predicted molar refractivity (Wildman–Crippen MR) is 95.7 cm³/mol. The third-order valence-electron chi connectivity index (χ3n) is 4.14. The normalized spacial score (nSPS) is 11.0. The summed E-state index contributed by atoms with van der Waals surface area (Å²) in [5.74, 6) is -0.0854. The maximum atomic E-state index is 11.4. The molecule has 0 aliphatic carbocycles. The van der Waals surface area contributed by atoms with E-state index >= 15 is 0 Å². The van der Waals surface area contributed by atoms with Crippen LogP contribution < -0.4 is 4.74 Å². The van der Waals surface area contributed by atoms with E-state index in [0.29, 0.717) is 6.61 Å². The Morgan fingerprint density at radius 3 is 2.67 bits per heavy atom. The quantitative estimate of drug-likeness (QED) is 0.728. The third-order valence-corrected chi connectivity index (χ3v) is 4.14. The van der Waals surface area contributed by atoms with E-state index in [9.17, 15) is 9.90 Å². The summed E-state index contributed by atoms with van der Waals surface area (Å²) in [4.78, 5) is 14.9. The summed E-state index contributed by atoms with van der Waals surface area (Å²) in [6, 6.07) is 11.9. The number of carbonyl (C=O) groups is 1. The van der Waals surface area contributed by atoms with Crippen LogP contribution in [-0.4, -0.2) is 22.7 Å². The number of carboxylic acid groups (broad SMARTS) is 1. The van der Waals surface area contributed by atoms with Crippen molar-refractivity contribution in [1.82, 2.24) is 4.98 Å².